The van der Waals surface area contributed by atoms with Crippen LogP contribution in [0, 0.1) is 12.3 Å². The molecule has 2 aromatic heterocycles. The third-order valence-corrected chi connectivity index (χ3v) is 5.08. The minimum Gasteiger partial charge on any atom is -0.484 e. The van der Waals surface area contributed by atoms with E-state index < -0.39 is 24.2 Å². The first-order chi connectivity index (χ1) is 14.3. The van der Waals surface area contributed by atoms with Crippen molar-refractivity contribution in [2.24, 2.45) is 5.41 Å². The van der Waals surface area contributed by atoms with E-state index in [4.69, 9.17) is 4.74 Å². The first-order valence-corrected chi connectivity index (χ1v) is 10.3. The van der Waals surface area contributed by atoms with E-state index in [0.717, 1.165) is 18.5 Å². The summed E-state index contributed by atoms with van der Waals surface area (Å²) >= 11 is 0. The van der Waals surface area contributed by atoms with Crippen LogP contribution in [-0.2, 0) is 5.54 Å². The molecule has 2 aromatic rings. The predicted molar refractivity (Wildman–Crippen MR) is 110 cm³/mol. The number of aromatic amines is 1. The molecular formula is C22H29F3N4O2. The highest BCUT2D eigenvalue weighted by molar-refractivity contribution is 5.93. The van der Waals surface area contributed by atoms with Crippen LogP contribution in [0.4, 0.5) is 13.2 Å². The summed E-state index contributed by atoms with van der Waals surface area (Å²) in [6, 6.07) is 3.18. The number of nitrogens with zero attached hydrogens (tertiary/aromatic N) is 2. The van der Waals surface area contributed by atoms with Crippen LogP contribution >= 0.6 is 0 Å². The lowest BCUT2D eigenvalue weighted by Crippen LogP contribution is -2.46. The average molecular weight is 438 g/mol. The van der Waals surface area contributed by atoms with Crippen LogP contribution in [0.15, 0.2) is 18.3 Å². The number of hydrogen-bond acceptors (Lipinski definition) is 4. The topological polar surface area (TPSA) is 79.9 Å². The van der Waals surface area contributed by atoms with Crippen molar-refractivity contribution in [3.8, 4) is 5.75 Å². The van der Waals surface area contributed by atoms with Gasteiger partial charge in [0.25, 0.3) is 5.91 Å². The van der Waals surface area contributed by atoms with Crippen molar-refractivity contribution in [3.05, 3.63) is 41.0 Å². The summed E-state index contributed by atoms with van der Waals surface area (Å²) in [5.41, 5.74) is 1.23. The number of pyridine rings is 1. The van der Waals surface area contributed by atoms with Gasteiger partial charge in [0.05, 0.1) is 11.2 Å². The lowest BCUT2D eigenvalue weighted by atomic mass is 9.78. The molecule has 1 atom stereocenters. The maximum atomic E-state index is 13.1. The van der Waals surface area contributed by atoms with Gasteiger partial charge in [-0.25, -0.2) is 0 Å². The number of H-pyrrole nitrogens is 1. The van der Waals surface area contributed by atoms with E-state index in [-0.39, 0.29) is 22.8 Å². The second-order valence-electron chi connectivity index (χ2n) is 9.75. The Hall–Kier alpha value is -2.58. The van der Waals surface area contributed by atoms with Gasteiger partial charge < -0.3 is 10.1 Å². The van der Waals surface area contributed by atoms with Gasteiger partial charge in [-0.3, -0.25) is 14.9 Å². The van der Waals surface area contributed by atoms with Gasteiger partial charge in [-0.05, 0) is 50.5 Å². The number of aromatic nitrogens is 3. The van der Waals surface area contributed by atoms with E-state index in [1.807, 2.05) is 19.9 Å². The first-order valence-electron chi connectivity index (χ1n) is 10.3. The number of rotatable bonds is 7. The van der Waals surface area contributed by atoms with Crippen LogP contribution < -0.4 is 10.1 Å². The molecule has 1 saturated carbocycles. The van der Waals surface area contributed by atoms with Crippen molar-refractivity contribution in [2.75, 3.05) is 6.61 Å². The van der Waals surface area contributed by atoms with E-state index in [1.165, 1.54) is 12.3 Å². The molecule has 3 rings (SSSR count). The molecular weight excluding hydrogens is 409 g/mol. The molecule has 0 aromatic carbocycles. The van der Waals surface area contributed by atoms with E-state index in [1.54, 1.807) is 0 Å². The molecule has 9 heteroatoms. The van der Waals surface area contributed by atoms with Gasteiger partial charge in [0.1, 0.15) is 11.4 Å². The molecule has 0 bridgehead atoms. The third-order valence-electron chi connectivity index (χ3n) is 5.08. The second-order valence-corrected chi connectivity index (χ2v) is 9.75. The summed E-state index contributed by atoms with van der Waals surface area (Å²) < 4.78 is 43.1. The van der Waals surface area contributed by atoms with E-state index in [0.29, 0.717) is 17.7 Å². The number of carbonyl (C=O) groups excluding carboxylic acids is 1. The van der Waals surface area contributed by atoms with E-state index >= 15 is 0 Å². The molecule has 170 valence electrons. The van der Waals surface area contributed by atoms with Crippen LogP contribution in [0.3, 0.4) is 0 Å². The Bertz CT molecular complexity index is 945. The van der Waals surface area contributed by atoms with Crippen LogP contribution in [-0.4, -0.2) is 33.9 Å². The van der Waals surface area contributed by atoms with E-state index in [9.17, 15) is 18.0 Å². The number of amides is 1. The molecule has 1 amide bonds. The zero-order valence-electron chi connectivity index (χ0n) is 18.5. The Morgan fingerprint density at radius 3 is 2.42 bits per heavy atom. The van der Waals surface area contributed by atoms with Gasteiger partial charge in [0.15, 0.2) is 6.61 Å². The molecule has 1 unspecified atom stereocenters. The Balaban J connectivity index is 1.87. The van der Waals surface area contributed by atoms with Crippen molar-refractivity contribution in [2.45, 2.75) is 71.5 Å². The molecule has 1 aliphatic rings. The molecule has 1 aliphatic carbocycles. The highest BCUT2D eigenvalue weighted by Crippen LogP contribution is 2.44. The summed E-state index contributed by atoms with van der Waals surface area (Å²) in [5, 5.41) is 10.2. The lowest BCUT2D eigenvalue weighted by Gasteiger charge is -2.35. The number of carbonyl (C=O) groups is 1. The molecule has 2 heterocycles. The normalized spacial score (nSPS) is 16.6. The standard InChI is InChI=1S/C22H29F3N4O2/c1-13-8-18(29-28-13)21(5,11-20(2,3)4)27-19(30)16-9-17(31-12-22(23,24)25)15(10-26-16)14-6-7-14/h8-10,14H,6-7,11-12H2,1-5H3,(H,27,30)(H,28,29). The summed E-state index contributed by atoms with van der Waals surface area (Å²) in [7, 11) is 0. The molecule has 6 nitrogen and oxygen atoms in total. The average Bonchev–Trinajstić information content (AvgIpc) is 3.37. The van der Waals surface area contributed by atoms with Gasteiger partial charge in [-0.1, -0.05) is 20.8 Å². The maximum absolute atomic E-state index is 13.1. The second kappa shape index (κ2) is 8.16. The smallest absolute Gasteiger partial charge is 0.422 e. The predicted octanol–water partition coefficient (Wildman–Crippen LogP) is 5.01. The highest BCUT2D eigenvalue weighted by atomic mass is 19.4. The molecule has 0 aliphatic heterocycles. The fourth-order valence-corrected chi connectivity index (χ4v) is 3.83. The summed E-state index contributed by atoms with van der Waals surface area (Å²) in [6.07, 6.45) is -0.670. The number of nitrogens with one attached hydrogen (secondary N) is 2. The van der Waals surface area contributed by atoms with Gasteiger partial charge >= 0.3 is 6.18 Å². The van der Waals surface area contributed by atoms with Crippen LogP contribution in [0.25, 0.3) is 0 Å². The number of aryl methyl sites for hydroxylation is 1. The monoisotopic (exact) mass is 438 g/mol. The minimum absolute atomic E-state index is 0.00830. The minimum atomic E-state index is -4.46. The zero-order valence-corrected chi connectivity index (χ0v) is 18.5. The molecule has 2 N–H and O–H groups in total. The quantitative estimate of drug-likeness (QED) is 0.637. The van der Waals surface area contributed by atoms with Crippen LogP contribution in [0.1, 0.15) is 80.3 Å². The molecule has 0 saturated heterocycles. The van der Waals surface area contributed by atoms with Crippen molar-refractivity contribution in [1.29, 1.82) is 0 Å². The highest BCUT2D eigenvalue weighted by Gasteiger charge is 2.37. The van der Waals surface area contributed by atoms with Crippen molar-refractivity contribution >= 4 is 5.91 Å². The van der Waals surface area contributed by atoms with E-state index in [2.05, 4.69) is 41.3 Å². The van der Waals surface area contributed by atoms with Crippen molar-refractivity contribution in [1.82, 2.24) is 20.5 Å². The third kappa shape index (κ3) is 6.21. The Morgan fingerprint density at radius 2 is 1.90 bits per heavy atom. The first kappa shape index (κ1) is 23.1. The largest absolute Gasteiger partial charge is 0.484 e. The van der Waals surface area contributed by atoms with Crippen molar-refractivity contribution < 1.29 is 22.7 Å². The molecule has 1 fully saturated rings. The van der Waals surface area contributed by atoms with Gasteiger partial charge in [0.2, 0.25) is 0 Å². The number of ether oxygens (including phenoxy) is 1. The Morgan fingerprint density at radius 1 is 1.23 bits per heavy atom. The fourth-order valence-electron chi connectivity index (χ4n) is 3.83. The fraction of sp³-hybridized carbons (Fsp3) is 0.591. The SMILES string of the molecule is Cc1cc(C(C)(CC(C)(C)C)NC(=O)c2cc(OCC(F)(F)F)c(C3CC3)cn2)n[nH]1. The van der Waals surface area contributed by atoms with Crippen LogP contribution in [0.5, 0.6) is 5.75 Å². The van der Waals surface area contributed by atoms with Crippen LogP contribution in [0.2, 0.25) is 0 Å². The summed E-state index contributed by atoms with van der Waals surface area (Å²) in [5.74, 6) is -0.300. The zero-order chi connectivity index (χ0) is 23.0. The molecule has 0 spiro atoms. The summed E-state index contributed by atoms with van der Waals surface area (Å²) in [4.78, 5) is 17.3. The van der Waals surface area contributed by atoms with Crippen molar-refractivity contribution in [3.63, 3.8) is 0 Å². The molecule has 0 radical (unpaired) electrons. The Labute approximate surface area is 180 Å². The Kier molecular flexibility index (Phi) is 6.08. The van der Waals surface area contributed by atoms with Gasteiger partial charge in [0, 0.05) is 23.5 Å². The maximum Gasteiger partial charge on any atom is 0.422 e. The number of alkyl halides is 3. The summed E-state index contributed by atoms with van der Waals surface area (Å²) in [6.45, 7) is 8.52. The number of hydrogen-bond donors (Lipinski definition) is 2. The van der Waals surface area contributed by atoms with Gasteiger partial charge in [-0.2, -0.15) is 18.3 Å². The molecule has 31 heavy (non-hydrogen) atoms. The number of halogens is 3. The lowest BCUT2D eigenvalue weighted by molar-refractivity contribution is -0.153. The van der Waals surface area contributed by atoms with Gasteiger partial charge in [-0.15, -0.1) is 0 Å².